The first-order valence-corrected chi connectivity index (χ1v) is 5.77. The first kappa shape index (κ1) is 14.9. The Bertz CT molecular complexity index is 169. The lowest BCUT2D eigenvalue weighted by Gasteiger charge is -2.29. The second-order valence-corrected chi connectivity index (χ2v) is 5.21. The molecule has 3 unspecified atom stereocenters. The van der Waals surface area contributed by atoms with Crippen molar-refractivity contribution in [3.05, 3.63) is 0 Å². The van der Waals surface area contributed by atoms with Crippen molar-refractivity contribution in [3.8, 4) is 0 Å². The zero-order chi connectivity index (χ0) is 12.1. The van der Waals surface area contributed by atoms with E-state index in [9.17, 15) is 5.11 Å². The van der Waals surface area contributed by atoms with E-state index in [2.05, 4.69) is 26.1 Å². The molecule has 0 aromatic rings. The number of rotatable bonds is 7. The largest absolute Gasteiger partial charge is 0.389 e. The van der Waals surface area contributed by atoms with Crippen molar-refractivity contribution < 1.29 is 9.84 Å². The Balaban J connectivity index is 3.92. The van der Waals surface area contributed by atoms with E-state index in [-0.39, 0.29) is 12.1 Å². The Labute approximate surface area is 94.2 Å². The number of nitrogens with one attached hydrogen (secondary N) is 1. The van der Waals surface area contributed by atoms with Crippen LogP contribution in [0.25, 0.3) is 0 Å². The SMILES string of the molecule is COC(C)C(C)NCC(C)(O)CC(C)C. The van der Waals surface area contributed by atoms with Crippen LogP contribution in [-0.4, -0.2) is 36.5 Å². The third-order valence-corrected chi connectivity index (χ3v) is 2.73. The molecule has 0 spiro atoms. The fourth-order valence-electron chi connectivity index (χ4n) is 1.70. The van der Waals surface area contributed by atoms with Crippen LogP contribution < -0.4 is 5.32 Å². The fourth-order valence-corrected chi connectivity index (χ4v) is 1.70. The minimum Gasteiger partial charge on any atom is -0.389 e. The zero-order valence-electron chi connectivity index (χ0n) is 11.0. The summed E-state index contributed by atoms with van der Waals surface area (Å²) in [5.74, 6) is 0.511. The summed E-state index contributed by atoms with van der Waals surface area (Å²) in [6.45, 7) is 10.8. The Morgan fingerprint density at radius 2 is 1.80 bits per heavy atom. The van der Waals surface area contributed by atoms with Gasteiger partial charge in [-0.25, -0.2) is 0 Å². The van der Waals surface area contributed by atoms with Gasteiger partial charge in [0.05, 0.1) is 11.7 Å². The number of methoxy groups -OCH3 is 1. The van der Waals surface area contributed by atoms with E-state index in [4.69, 9.17) is 4.74 Å². The van der Waals surface area contributed by atoms with E-state index >= 15 is 0 Å². The minimum absolute atomic E-state index is 0.167. The predicted octanol–water partition coefficient (Wildman–Crippen LogP) is 1.80. The van der Waals surface area contributed by atoms with Gasteiger partial charge in [0, 0.05) is 19.7 Å². The van der Waals surface area contributed by atoms with Crippen LogP contribution in [0.2, 0.25) is 0 Å². The second-order valence-electron chi connectivity index (χ2n) is 5.21. The maximum Gasteiger partial charge on any atom is 0.0746 e. The molecule has 0 bridgehead atoms. The average molecular weight is 217 g/mol. The lowest BCUT2D eigenvalue weighted by molar-refractivity contribution is 0.0254. The van der Waals surface area contributed by atoms with Gasteiger partial charge in [-0.1, -0.05) is 13.8 Å². The highest BCUT2D eigenvalue weighted by atomic mass is 16.5. The van der Waals surface area contributed by atoms with Gasteiger partial charge >= 0.3 is 0 Å². The van der Waals surface area contributed by atoms with E-state index in [1.165, 1.54) is 0 Å². The van der Waals surface area contributed by atoms with Crippen LogP contribution in [0.3, 0.4) is 0 Å². The minimum atomic E-state index is -0.629. The maximum absolute atomic E-state index is 10.1. The highest BCUT2D eigenvalue weighted by Crippen LogP contribution is 2.15. The molecule has 0 fully saturated rings. The molecule has 0 radical (unpaired) electrons. The van der Waals surface area contributed by atoms with Gasteiger partial charge in [0.25, 0.3) is 0 Å². The van der Waals surface area contributed by atoms with Gasteiger partial charge in [-0.2, -0.15) is 0 Å². The first-order valence-electron chi connectivity index (χ1n) is 5.77. The highest BCUT2D eigenvalue weighted by molar-refractivity contribution is 4.80. The van der Waals surface area contributed by atoms with Crippen LogP contribution in [0.5, 0.6) is 0 Å². The highest BCUT2D eigenvalue weighted by Gasteiger charge is 2.23. The predicted molar refractivity (Wildman–Crippen MR) is 64.0 cm³/mol. The second kappa shape index (κ2) is 6.46. The average Bonchev–Trinajstić information content (AvgIpc) is 2.11. The van der Waals surface area contributed by atoms with Crippen molar-refractivity contribution in [2.24, 2.45) is 5.92 Å². The summed E-state index contributed by atoms with van der Waals surface area (Å²) in [4.78, 5) is 0. The summed E-state index contributed by atoms with van der Waals surface area (Å²) in [5, 5.41) is 13.4. The molecule has 0 aliphatic heterocycles. The molecule has 92 valence electrons. The Morgan fingerprint density at radius 3 is 2.20 bits per heavy atom. The van der Waals surface area contributed by atoms with Crippen molar-refractivity contribution in [1.82, 2.24) is 5.32 Å². The summed E-state index contributed by atoms with van der Waals surface area (Å²) in [6.07, 6.45) is 0.980. The van der Waals surface area contributed by atoms with Crippen LogP contribution in [0, 0.1) is 5.92 Å². The van der Waals surface area contributed by atoms with E-state index in [0.717, 1.165) is 6.42 Å². The standard InChI is InChI=1S/C12H27NO2/c1-9(2)7-12(5,14)8-13-10(3)11(4)15-6/h9-11,13-14H,7-8H2,1-6H3. The number of hydrogen-bond donors (Lipinski definition) is 2. The maximum atomic E-state index is 10.1. The molecule has 2 N–H and O–H groups in total. The fraction of sp³-hybridized carbons (Fsp3) is 1.00. The molecule has 0 aliphatic rings. The Morgan fingerprint density at radius 1 is 1.27 bits per heavy atom. The summed E-state index contributed by atoms with van der Waals surface area (Å²) in [5.41, 5.74) is -0.629. The zero-order valence-corrected chi connectivity index (χ0v) is 11.0. The van der Waals surface area contributed by atoms with Gasteiger partial charge in [0.1, 0.15) is 0 Å². The molecule has 0 rings (SSSR count). The van der Waals surface area contributed by atoms with Crippen LogP contribution in [0.4, 0.5) is 0 Å². The summed E-state index contributed by atoms with van der Waals surface area (Å²) >= 11 is 0. The van der Waals surface area contributed by atoms with Gasteiger partial charge in [-0.05, 0) is 33.1 Å². The van der Waals surface area contributed by atoms with Gasteiger partial charge in [-0.3, -0.25) is 0 Å². The van der Waals surface area contributed by atoms with Crippen molar-refractivity contribution in [2.45, 2.75) is 58.8 Å². The third kappa shape index (κ3) is 6.88. The molecular formula is C12H27NO2. The van der Waals surface area contributed by atoms with Crippen LogP contribution in [0.1, 0.15) is 41.0 Å². The molecule has 3 atom stereocenters. The molecular weight excluding hydrogens is 190 g/mol. The molecule has 0 heterocycles. The van der Waals surface area contributed by atoms with Gasteiger partial charge < -0.3 is 15.2 Å². The van der Waals surface area contributed by atoms with Gasteiger partial charge in [0.2, 0.25) is 0 Å². The van der Waals surface area contributed by atoms with Crippen molar-refractivity contribution >= 4 is 0 Å². The van der Waals surface area contributed by atoms with Gasteiger partial charge in [0.15, 0.2) is 0 Å². The normalized spacial score (nSPS) is 20.0. The number of ether oxygens (including phenoxy) is 1. The van der Waals surface area contributed by atoms with E-state index in [1.807, 2.05) is 13.8 Å². The number of hydrogen-bond acceptors (Lipinski definition) is 3. The molecule has 0 aliphatic carbocycles. The summed E-state index contributed by atoms with van der Waals surface area (Å²) in [7, 11) is 1.70. The molecule has 0 saturated carbocycles. The lowest BCUT2D eigenvalue weighted by Crippen LogP contribution is -2.46. The monoisotopic (exact) mass is 217 g/mol. The molecule has 3 heteroatoms. The van der Waals surface area contributed by atoms with Crippen LogP contribution in [-0.2, 0) is 4.74 Å². The molecule has 0 saturated heterocycles. The van der Waals surface area contributed by atoms with Crippen molar-refractivity contribution in [2.75, 3.05) is 13.7 Å². The summed E-state index contributed by atoms with van der Waals surface area (Å²) < 4.78 is 5.21. The first-order chi connectivity index (χ1) is 6.78. The molecule has 0 amide bonds. The van der Waals surface area contributed by atoms with E-state index in [1.54, 1.807) is 7.11 Å². The topological polar surface area (TPSA) is 41.5 Å². The number of aliphatic hydroxyl groups is 1. The molecule has 3 nitrogen and oxygen atoms in total. The lowest BCUT2D eigenvalue weighted by atomic mass is 9.94. The van der Waals surface area contributed by atoms with Crippen LogP contribution >= 0.6 is 0 Å². The quantitative estimate of drug-likeness (QED) is 0.683. The van der Waals surface area contributed by atoms with Crippen molar-refractivity contribution in [3.63, 3.8) is 0 Å². The third-order valence-electron chi connectivity index (χ3n) is 2.73. The van der Waals surface area contributed by atoms with E-state index in [0.29, 0.717) is 12.5 Å². The summed E-state index contributed by atoms with van der Waals surface area (Å²) in [6, 6.07) is 0.258. The smallest absolute Gasteiger partial charge is 0.0746 e. The Kier molecular flexibility index (Phi) is 6.41. The van der Waals surface area contributed by atoms with Crippen LogP contribution in [0.15, 0.2) is 0 Å². The molecule has 15 heavy (non-hydrogen) atoms. The van der Waals surface area contributed by atoms with Gasteiger partial charge in [-0.15, -0.1) is 0 Å². The molecule has 0 aromatic heterocycles. The Hall–Kier alpha value is -0.120. The van der Waals surface area contributed by atoms with E-state index < -0.39 is 5.60 Å². The molecule has 0 aromatic carbocycles. The van der Waals surface area contributed by atoms with Crippen molar-refractivity contribution in [1.29, 1.82) is 0 Å².